The summed E-state index contributed by atoms with van der Waals surface area (Å²) < 4.78 is 38.8. The van der Waals surface area contributed by atoms with E-state index in [-0.39, 0.29) is 34.6 Å². The van der Waals surface area contributed by atoms with E-state index >= 15 is 0 Å². The van der Waals surface area contributed by atoms with Gasteiger partial charge in [-0.25, -0.2) is 0 Å². The normalized spacial score (nSPS) is 22.2. The van der Waals surface area contributed by atoms with Gasteiger partial charge in [0.25, 0.3) is 0 Å². The van der Waals surface area contributed by atoms with Gasteiger partial charge in [-0.2, -0.15) is 0 Å². The van der Waals surface area contributed by atoms with Crippen LogP contribution in [0.2, 0.25) is 0 Å². The first kappa shape index (κ1) is 28.9. The largest absolute Gasteiger partial charge is 0.463 e. The number of fused-ring (bicyclic) bond motifs is 1. The Morgan fingerprint density at radius 3 is 2.21 bits per heavy atom. The van der Waals surface area contributed by atoms with E-state index in [1.54, 1.807) is 0 Å². The van der Waals surface area contributed by atoms with Crippen molar-refractivity contribution in [3.05, 3.63) is 40.0 Å². The number of carbonyl (C=O) groups is 5. The van der Waals surface area contributed by atoms with Crippen molar-refractivity contribution in [2.75, 3.05) is 6.61 Å². The van der Waals surface area contributed by atoms with Crippen LogP contribution in [0.3, 0.4) is 0 Å². The number of hydrogen-bond donors (Lipinski definition) is 0. The molecule has 39 heavy (non-hydrogen) atoms. The van der Waals surface area contributed by atoms with Gasteiger partial charge in [0, 0.05) is 32.6 Å². The number of furan rings is 1. The van der Waals surface area contributed by atoms with Gasteiger partial charge in [0.15, 0.2) is 18.5 Å². The minimum atomic E-state index is -1.49. The third-order valence-corrected chi connectivity index (χ3v) is 5.33. The fourth-order valence-corrected chi connectivity index (χ4v) is 3.95. The van der Waals surface area contributed by atoms with E-state index in [9.17, 15) is 24.0 Å². The van der Waals surface area contributed by atoms with Gasteiger partial charge in [0.2, 0.25) is 12.4 Å². The van der Waals surface area contributed by atoms with Gasteiger partial charge in [0.1, 0.15) is 29.8 Å². The molecule has 0 radical (unpaired) electrons. The summed E-state index contributed by atoms with van der Waals surface area (Å²) in [5.41, 5.74) is 8.91. The molecule has 5 atom stereocenters. The minimum absolute atomic E-state index is 0.0902. The lowest BCUT2D eigenvalue weighted by Gasteiger charge is -2.43. The van der Waals surface area contributed by atoms with Crippen molar-refractivity contribution < 1.29 is 56.8 Å². The predicted octanol–water partition coefficient (Wildman–Crippen LogP) is 2.52. The topological polar surface area (TPSA) is 203 Å². The Morgan fingerprint density at radius 2 is 1.62 bits per heavy atom. The number of benzene rings is 1. The van der Waals surface area contributed by atoms with Crippen molar-refractivity contribution >= 4 is 41.1 Å². The van der Waals surface area contributed by atoms with E-state index in [0.717, 1.165) is 27.7 Å². The van der Waals surface area contributed by atoms with E-state index in [2.05, 4.69) is 10.0 Å². The number of nitrogens with zero attached hydrogens (tertiary/aromatic N) is 3. The lowest BCUT2D eigenvalue weighted by molar-refractivity contribution is -0.288. The Balaban J connectivity index is 2.09. The molecule has 208 valence electrons. The molecule has 1 aromatic carbocycles. The van der Waals surface area contributed by atoms with Crippen molar-refractivity contribution in [1.82, 2.24) is 0 Å². The van der Waals surface area contributed by atoms with E-state index < -0.39 is 61.2 Å². The standard InChI is InChI=1S/C24H25N3O12/c1-11(29)33-10-19-21(34-12(2)30)22(35-13(3)31)23(36-14(4)32)24(39-19)38-18-6-5-15(9-28)20-17(18)7-16(37-20)8-26-27-25/h5-7,9,19,21-24H,8,10H2,1-4H3/t19-,21+,22+,23-,24-/m1/s1. The van der Waals surface area contributed by atoms with Crippen LogP contribution in [0.5, 0.6) is 5.75 Å². The van der Waals surface area contributed by atoms with E-state index in [1.807, 2.05) is 0 Å². The highest BCUT2D eigenvalue weighted by atomic mass is 16.7. The summed E-state index contributed by atoms with van der Waals surface area (Å²) >= 11 is 0. The summed E-state index contributed by atoms with van der Waals surface area (Å²) in [5.74, 6) is -2.71. The molecular weight excluding hydrogens is 522 g/mol. The minimum Gasteiger partial charge on any atom is -0.463 e. The van der Waals surface area contributed by atoms with Gasteiger partial charge in [-0.05, 0) is 23.7 Å². The lowest BCUT2D eigenvalue weighted by Crippen LogP contribution is -2.63. The quantitative estimate of drug-likeness (QED) is 0.105. The average molecular weight is 547 g/mol. The number of esters is 4. The number of hydrogen-bond acceptors (Lipinski definition) is 13. The molecule has 0 aliphatic carbocycles. The average Bonchev–Trinajstić information content (AvgIpc) is 3.29. The van der Waals surface area contributed by atoms with Gasteiger partial charge in [-0.15, -0.1) is 0 Å². The zero-order chi connectivity index (χ0) is 28.7. The van der Waals surface area contributed by atoms with Gasteiger partial charge in [-0.1, -0.05) is 5.11 Å². The fraction of sp³-hybridized carbons (Fsp3) is 0.458. The number of carbonyl (C=O) groups excluding carboxylic acids is 5. The van der Waals surface area contributed by atoms with Crippen LogP contribution in [0.4, 0.5) is 0 Å². The van der Waals surface area contributed by atoms with E-state index in [1.165, 1.54) is 18.2 Å². The Bertz CT molecular complexity index is 1310. The molecule has 0 bridgehead atoms. The van der Waals surface area contributed by atoms with Crippen molar-refractivity contribution in [3.8, 4) is 5.75 Å². The van der Waals surface area contributed by atoms with Gasteiger partial charge in [-0.3, -0.25) is 24.0 Å². The molecular formula is C24H25N3O12. The SMILES string of the molecule is CC(=O)OC[C@H]1O[C@@H](Oc2ccc(C=O)c3oc(CN=[N+]=[N-])cc23)[C@H](OC(C)=O)[C@@H](OC(C)=O)[C@H]1OC(C)=O. The molecule has 1 aliphatic rings. The summed E-state index contributed by atoms with van der Waals surface area (Å²) in [5, 5.41) is 3.73. The Labute approximate surface area is 220 Å². The molecule has 3 rings (SSSR count). The van der Waals surface area contributed by atoms with Crippen molar-refractivity contribution in [3.63, 3.8) is 0 Å². The van der Waals surface area contributed by atoms with E-state index in [4.69, 9.17) is 38.4 Å². The van der Waals surface area contributed by atoms with Crippen LogP contribution < -0.4 is 4.74 Å². The summed E-state index contributed by atoms with van der Waals surface area (Å²) in [6, 6.07) is 4.31. The maximum atomic E-state index is 12.0. The molecule has 0 unspecified atom stereocenters. The fourth-order valence-electron chi connectivity index (χ4n) is 3.95. The zero-order valence-electron chi connectivity index (χ0n) is 21.4. The summed E-state index contributed by atoms with van der Waals surface area (Å²) in [4.78, 5) is 61.6. The van der Waals surface area contributed by atoms with Crippen LogP contribution in [0.15, 0.2) is 27.7 Å². The number of azide groups is 1. The second-order valence-corrected chi connectivity index (χ2v) is 8.30. The molecule has 1 fully saturated rings. The molecule has 0 amide bonds. The predicted molar refractivity (Wildman–Crippen MR) is 127 cm³/mol. The molecule has 15 heteroatoms. The highest BCUT2D eigenvalue weighted by Crippen LogP contribution is 2.36. The Hall–Kier alpha value is -4.62. The molecule has 0 spiro atoms. The molecule has 15 nitrogen and oxygen atoms in total. The zero-order valence-corrected chi connectivity index (χ0v) is 21.4. The summed E-state index contributed by atoms with van der Waals surface area (Å²) in [7, 11) is 0. The third kappa shape index (κ3) is 7.24. The maximum absolute atomic E-state index is 12.0. The number of aldehydes is 1. The second kappa shape index (κ2) is 12.8. The van der Waals surface area contributed by atoms with Gasteiger partial charge in [0.05, 0.1) is 17.5 Å². The van der Waals surface area contributed by atoms with Crippen molar-refractivity contribution in [2.45, 2.75) is 64.9 Å². The summed E-state index contributed by atoms with van der Waals surface area (Å²) in [6.07, 6.45) is -6.39. The first-order chi connectivity index (χ1) is 18.5. The smallest absolute Gasteiger partial charge is 0.303 e. The number of rotatable bonds is 10. The lowest BCUT2D eigenvalue weighted by atomic mass is 9.98. The van der Waals surface area contributed by atoms with Crippen molar-refractivity contribution in [1.29, 1.82) is 0 Å². The van der Waals surface area contributed by atoms with E-state index in [0.29, 0.717) is 6.29 Å². The molecule has 1 aromatic heterocycles. The first-order valence-electron chi connectivity index (χ1n) is 11.5. The first-order valence-corrected chi connectivity index (χ1v) is 11.5. The molecule has 0 saturated carbocycles. The molecule has 0 N–H and O–H groups in total. The highest BCUT2D eigenvalue weighted by molar-refractivity contribution is 5.98. The van der Waals surface area contributed by atoms with Crippen LogP contribution in [0.1, 0.15) is 43.8 Å². The van der Waals surface area contributed by atoms with Gasteiger partial charge >= 0.3 is 23.9 Å². The van der Waals surface area contributed by atoms with Crippen LogP contribution in [-0.4, -0.2) is 67.5 Å². The van der Waals surface area contributed by atoms with Crippen LogP contribution in [-0.2, 0) is 49.4 Å². The molecule has 2 heterocycles. The molecule has 1 saturated heterocycles. The van der Waals surface area contributed by atoms with Crippen LogP contribution >= 0.6 is 0 Å². The molecule has 1 aliphatic heterocycles. The van der Waals surface area contributed by atoms with Crippen LogP contribution in [0, 0.1) is 0 Å². The second-order valence-electron chi connectivity index (χ2n) is 8.30. The Morgan fingerprint density at radius 1 is 0.974 bits per heavy atom. The highest BCUT2D eigenvalue weighted by Gasteiger charge is 2.53. The third-order valence-electron chi connectivity index (χ3n) is 5.33. The maximum Gasteiger partial charge on any atom is 0.303 e. The molecule has 2 aromatic rings. The van der Waals surface area contributed by atoms with Crippen molar-refractivity contribution in [2.24, 2.45) is 5.11 Å². The monoisotopic (exact) mass is 547 g/mol. The Kier molecular flexibility index (Phi) is 9.47. The number of ether oxygens (including phenoxy) is 6. The van der Waals surface area contributed by atoms with Crippen LogP contribution in [0.25, 0.3) is 21.4 Å². The summed E-state index contributed by atoms with van der Waals surface area (Å²) in [6.45, 7) is 3.88. The van der Waals surface area contributed by atoms with Gasteiger partial charge < -0.3 is 32.8 Å².